The number of aromatic amines is 1. The Bertz CT molecular complexity index is 2580. The van der Waals surface area contributed by atoms with Crippen molar-refractivity contribution in [2.45, 2.75) is 69.3 Å². The first-order valence-electron chi connectivity index (χ1n) is 21.3. The van der Waals surface area contributed by atoms with Crippen molar-refractivity contribution in [2.24, 2.45) is 17.3 Å². The summed E-state index contributed by atoms with van der Waals surface area (Å²) in [6.07, 6.45) is 13.7. The molecule has 316 valence electrons. The fourth-order valence-corrected chi connectivity index (χ4v) is 11.1. The summed E-state index contributed by atoms with van der Waals surface area (Å²) < 4.78 is 10.9. The minimum atomic E-state index is -1.04. The fraction of sp³-hybridized carbons (Fsp3) is 0.340. The molecule has 6 atom stereocenters. The lowest BCUT2D eigenvalue weighted by Crippen LogP contribution is -2.48. The molecule has 0 amide bonds. The van der Waals surface area contributed by atoms with Gasteiger partial charge in [0.2, 0.25) is 5.75 Å². The average molecular weight is 824 g/mol. The fourth-order valence-electron chi connectivity index (χ4n) is 11.1. The summed E-state index contributed by atoms with van der Waals surface area (Å²) in [5, 5.41) is 64.9. The number of nitrogens with one attached hydrogen (secondary N) is 3. The van der Waals surface area contributed by atoms with Gasteiger partial charge in [-0.15, -0.1) is 0 Å². The summed E-state index contributed by atoms with van der Waals surface area (Å²) in [5.74, 6) is -0.835. The molecular formula is C50H53N3O8. The first-order valence-corrected chi connectivity index (χ1v) is 21.3. The summed E-state index contributed by atoms with van der Waals surface area (Å²) in [5.41, 5.74) is 5.66. The van der Waals surface area contributed by atoms with Crippen LogP contribution < -0.4 is 20.1 Å². The molecule has 4 aromatic carbocycles. The van der Waals surface area contributed by atoms with Gasteiger partial charge >= 0.3 is 0 Å². The quantitative estimate of drug-likeness (QED) is 0.0672. The van der Waals surface area contributed by atoms with E-state index in [4.69, 9.17) is 9.47 Å². The van der Waals surface area contributed by atoms with Crippen LogP contribution in [-0.2, 0) is 17.6 Å². The molecule has 5 aromatic rings. The number of hydrogen-bond donors (Lipinski definition) is 8. The first kappa shape index (κ1) is 40.1. The lowest BCUT2D eigenvalue weighted by molar-refractivity contribution is -0.134. The molecule has 0 unspecified atom stereocenters. The van der Waals surface area contributed by atoms with Gasteiger partial charge in [-0.3, -0.25) is 4.79 Å². The van der Waals surface area contributed by atoms with Crippen molar-refractivity contribution in [1.29, 1.82) is 0 Å². The molecule has 2 bridgehead atoms. The monoisotopic (exact) mass is 823 g/mol. The van der Waals surface area contributed by atoms with Crippen LogP contribution in [0.15, 0.2) is 103 Å². The van der Waals surface area contributed by atoms with Gasteiger partial charge in [0.1, 0.15) is 17.4 Å². The second-order valence-corrected chi connectivity index (χ2v) is 17.2. The molecule has 1 fully saturated rings. The van der Waals surface area contributed by atoms with Crippen molar-refractivity contribution in [1.82, 2.24) is 10.3 Å². The second-order valence-electron chi connectivity index (χ2n) is 17.2. The number of benzene rings is 4. The topological polar surface area (TPSA) is 177 Å². The number of fused-ring (bicyclic) bond motifs is 2. The first-order chi connectivity index (χ1) is 29.6. The van der Waals surface area contributed by atoms with Gasteiger partial charge < -0.3 is 50.6 Å². The zero-order chi connectivity index (χ0) is 42.4. The average Bonchev–Trinajstić information content (AvgIpc) is 3.93. The minimum absolute atomic E-state index is 0.0102. The number of dihydropyridines is 1. The van der Waals surface area contributed by atoms with Crippen molar-refractivity contribution in [3.05, 3.63) is 130 Å². The van der Waals surface area contributed by atoms with Crippen molar-refractivity contribution in [3.63, 3.8) is 0 Å². The van der Waals surface area contributed by atoms with E-state index in [1.807, 2.05) is 36.5 Å². The molecule has 1 spiro atoms. The number of anilines is 1. The third kappa shape index (κ3) is 7.35. The summed E-state index contributed by atoms with van der Waals surface area (Å²) in [7, 11) is 2.94. The number of carbonyl (C=O) groups excluding carboxylic acids is 1. The molecular weight excluding hydrogens is 771 g/mol. The van der Waals surface area contributed by atoms with E-state index < -0.39 is 23.4 Å². The largest absolute Gasteiger partial charge is 0.508 e. The van der Waals surface area contributed by atoms with Crippen LogP contribution in [0.2, 0.25) is 0 Å². The van der Waals surface area contributed by atoms with Crippen LogP contribution in [0.5, 0.6) is 34.5 Å². The van der Waals surface area contributed by atoms with Crippen LogP contribution in [0.1, 0.15) is 78.3 Å². The Labute approximate surface area is 355 Å². The number of Topliss-reactive ketones (excluding diaryl/α,β-unsaturated/α-hetero) is 1. The standard InChI is InChI=1S/C50H53N3O8/c1-60-43-19-28(7-13-39(43)55)8-14-40(56)48-41(57)23-32(33-24-42(58)49(59)44(25-33)61-2)20-29-9-10-30-21-37(54)22-31-11-12-38(47(29)46(30)31)53-45-27-35(15-18-52-45)50(48)16-3-5-34(50)26-36-6-4-17-51-36/h4,6-7,9-13,15,17,19,21-22,24-25,27,29,32,34,40,48,51-56,58-59H,3,5,8,14,16,18,20,23,26H2,1-2H3/t29-,32+,34-,40+,48+,50-/m0/s1. The van der Waals surface area contributed by atoms with Gasteiger partial charge in [-0.2, -0.15) is 0 Å². The molecule has 61 heavy (non-hydrogen) atoms. The molecule has 1 saturated carbocycles. The molecule has 1 aromatic heterocycles. The maximum Gasteiger partial charge on any atom is 0.200 e. The number of rotatable bonds is 9. The van der Waals surface area contributed by atoms with Gasteiger partial charge in [0, 0.05) is 41.9 Å². The maximum absolute atomic E-state index is 15.9. The number of hydrogen-bond acceptors (Lipinski definition) is 10. The number of aromatic hydroxyl groups is 4. The Morgan fingerprint density at radius 1 is 0.951 bits per heavy atom. The third-order valence-corrected chi connectivity index (χ3v) is 13.8. The van der Waals surface area contributed by atoms with Crippen molar-refractivity contribution >= 4 is 28.3 Å². The smallest absolute Gasteiger partial charge is 0.200 e. The number of ether oxygens (including phenoxy) is 2. The summed E-state index contributed by atoms with van der Waals surface area (Å²) in [6.45, 7) is 0.524. The number of aliphatic hydroxyl groups is 1. The van der Waals surface area contributed by atoms with Crippen LogP contribution >= 0.6 is 0 Å². The van der Waals surface area contributed by atoms with Crippen LogP contribution in [0, 0.1) is 17.3 Å². The molecule has 11 heteroatoms. The van der Waals surface area contributed by atoms with E-state index in [-0.39, 0.29) is 52.8 Å². The number of aromatic nitrogens is 1. The lowest BCUT2D eigenvalue weighted by Gasteiger charge is -2.46. The third-order valence-electron chi connectivity index (χ3n) is 13.8. The SMILES string of the molecule is COc1cc(CC[C@@H](O)[C@@H]2C(=O)C[C@H](c3cc(O)c(O)c(OC)c3)C[C@@H]3C=Cc4cc(O)cc5ccc(c3c45)NC3=CC(=CCN3)[C@@]23CCC[C@H]3Cc2ccc[nH]2)ccc1O. The summed E-state index contributed by atoms with van der Waals surface area (Å²) in [6, 6.07) is 20.1. The van der Waals surface area contributed by atoms with Crippen LogP contribution in [0.3, 0.4) is 0 Å². The lowest BCUT2D eigenvalue weighted by atomic mass is 9.57. The molecule has 2 aliphatic heterocycles. The predicted octanol–water partition coefficient (Wildman–Crippen LogP) is 8.69. The number of allylic oxidation sites excluding steroid dienone is 3. The molecule has 11 nitrogen and oxygen atoms in total. The Morgan fingerprint density at radius 3 is 2.61 bits per heavy atom. The van der Waals surface area contributed by atoms with Gasteiger partial charge in [-0.1, -0.05) is 36.8 Å². The number of aryl methyl sites for hydroxylation is 1. The number of methoxy groups -OCH3 is 2. The predicted molar refractivity (Wildman–Crippen MR) is 235 cm³/mol. The van der Waals surface area contributed by atoms with E-state index in [1.165, 1.54) is 20.3 Å². The van der Waals surface area contributed by atoms with Crippen molar-refractivity contribution in [2.75, 3.05) is 26.1 Å². The molecule has 4 aliphatic rings. The van der Waals surface area contributed by atoms with Crippen LogP contribution in [0.25, 0.3) is 16.8 Å². The van der Waals surface area contributed by atoms with E-state index in [1.54, 1.807) is 30.3 Å². The van der Waals surface area contributed by atoms with Crippen LogP contribution in [-0.4, -0.2) is 63.2 Å². The zero-order valence-electron chi connectivity index (χ0n) is 34.4. The Hall–Kier alpha value is -6.33. The zero-order valence-corrected chi connectivity index (χ0v) is 34.4. The summed E-state index contributed by atoms with van der Waals surface area (Å²) >= 11 is 0. The van der Waals surface area contributed by atoms with Gasteiger partial charge in [0.05, 0.1) is 26.2 Å². The van der Waals surface area contributed by atoms with Gasteiger partial charge in [-0.25, -0.2) is 0 Å². The highest BCUT2D eigenvalue weighted by molar-refractivity contribution is 6.00. The van der Waals surface area contributed by atoms with Crippen LogP contribution in [0.4, 0.5) is 5.69 Å². The number of H-pyrrole nitrogens is 1. The number of aliphatic hydroxyl groups excluding tert-OH is 1. The molecule has 2 aliphatic carbocycles. The molecule has 8 N–H and O–H groups in total. The van der Waals surface area contributed by atoms with Gasteiger partial charge in [-0.05, 0) is 150 Å². The van der Waals surface area contributed by atoms with E-state index >= 15 is 4.79 Å². The van der Waals surface area contributed by atoms with E-state index in [9.17, 15) is 25.5 Å². The van der Waals surface area contributed by atoms with E-state index in [2.05, 4.69) is 39.9 Å². The normalized spacial score (nSPS) is 23.8. The van der Waals surface area contributed by atoms with E-state index in [0.717, 1.165) is 63.1 Å². The number of phenolic OH excluding ortho intramolecular Hbond substituents is 4. The van der Waals surface area contributed by atoms with Crippen molar-refractivity contribution < 1.29 is 39.8 Å². The van der Waals surface area contributed by atoms with E-state index in [0.29, 0.717) is 50.0 Å². The highest BCUT2D eigenvalue weighted by Gasteiger charge is 2.55. The number of ketones is 1. The molecule has 9 rings (SSSR count). The number of phenols is 4. The second kappa shape index (κ2) is 16.3. The van der Waals surface area contributed by atoms with Gasteiger partial charge in [0.25, 0.3) is 0 Å². The Balaban J connectivity index is 1.23. The minimum Gasteiger partial charge on any atom is -0.508 e. The maximum atomic E-state index is 15.9. The van der Waals surface area contributed by atoms with Crippen molar-refractivity contribution in [3.8, 4) is 34.5 Å². The molecule has 0 saturated heterocycles. The highest BCUT2D eigenvalue weighted by Crippen LogP contribution is 2.58. The molecule has 0 radical (unpaired) electrons. The Morgan fingerprint density at radius 2 is 1.80 bits per heavy atom. The number of carbonyl (C=O) groups is 1. The highest BCUT2D eigenvalue weighted by atomic mass is 16.5. The Kier molecular flexibility index (Phi) is 10.7. The summed E-state index contributed by atoms with van der Waals surface area (Å²) in [4.78, 5) is 19.3. The molecule has 3 heterocycles. The van der Waals surface area contributed by atoms with Gasteiger partial charge in [0.15, 0.2) is 23.0 Å².